The molecule has 4 rings (SSSR count). The van der Waals surface area contributed by atoms with Crippen molar-refractivity contribution < 1.29 is 14.3 Å². The summed E-state index contributed by atoms with van der Waals surface area (Å²) in [4.78, 5) is 12.2. The quantitative estimate of drug-likeness (QED) is 0.784. The highest BCUT2D eigenvalue weighted by Crippen LogP contribution is 2.30. The normalized spacial score (nSPS) is 13.4. The van der Waals surface area contributed by atoms with Crippen molar-refractivity contribution in [2.75, 3.05) is 13.2 Å². The summed E-state index contributed by atoms with van der Waals surface area (Å²) in [6.45, 7) is 1.61. The average Bonchev–Trinajstić information content (AvgIpc) is 2.89. The van der Waals surface area contributed by atoms with Crippen molar-refractivity contribution in [1.29, 1.82) is 0 Å². The molecule has 0 spiro atoms. The Labute approximate surface area is 144 Å². The highest BCUT2D eigenvalue weighted by atomic mass is 16.5. The third-order valence-corrected chi connectivity index (χ3v) is 4.00. The first-order valence-electron chi connectivity index (χ1n) is 8.23. The van der Waals surface area contributed by atoms with Crippen molar-refractivity contribution in [3.05, 3.63) is 54.0 Å². The van der Waals surface area contributed by atoms with Crippen LogP contribution in [0.1, 0.15) is 17.8 Å². The Kier molecular flexibility index (Phi) is 4.20. The summed E-state index contributed by atoms with van der Waals surface area (Å²) in [6.07, 6.45) is 3.00. The van der Waals surface area contributed by atoms with Crippen LogP contribution in [0.4, 0.5) is 0 Å². The molecule has 0 saturated heterocycles. The van der Waals surface area contributed by atoms with Crippen molar-refractivity contribution >= 4 is 11.6 Å². The van der Waals surface area contributed by atoms with Gasteiger partial charge in [-0.15, -0.1) is 10.2 Å². The van der Waals surface area contributed by atoms with Gasteiger partial charge in [-0.2, -0.15) is 0 Å². The molecule has 128 valence electrons. The van der Waals surface area contributed by atoms with Crippen molar-refractivity contribution in [1.82, 2.24) is 19.9 Å². The molecule has 0 aliphatic carbocycles. The second-order valence-corrected chi connectivity index (χ2v) is 5.83. The number of pyridine rings is 1. The van der Waals surface area contributed by atoms with Crippen LogP contribution in [0.5, 0.6) is 11.5 Å². The fraction of sp³-hybridized carbons (Fsp3) is 0.278. The van der Waals surface area contributed by atoms with Gasteiger partial charge in [-0.05, 0) is 29.8 Å². The summed E-state index contributed by atoms with van der Waals surface area (Å²) >= 11 is 0. The number of nitrogens with zero attached hydrogens (tertiary/aromatic N) is 3. The van der Waals surface area contributed by atoms with Gasteiger partial charge in [-0.25, -0.2) is 0 Å². The first-order valence-corrected chi connectivity index (χ1v) is 8.23. The standard InChI is InChI=1S/C18H18N4O3/c23-18(19-12-17-21-20-16-4-1-2-7-22(16)17)11-13-5-6-14-15(10-13)25-9-3-8-24-14/h1-2,4-7,10H,3,8-9,11-12H2,(H,19,23). The molecule has 1 aliphatic heterocycles. The van der Waals surface area contributed by atoms with Gasteiger partial charge in [0.2, 0.25) is 5.91 Å². The number of carbonyl (C=O) groups excluding carboxylic acids is 1. The molecule has 0 atom stereocenters. The van der Waals surface area contributed by atoms with E-state index in [1.807, 2.05) is 47.0 Å². The fourth-order valence-corrected chi connectivity index (χ4v) is 2.75. The van der Waals surface area contributed by atoms with Gasteiger partial charge in [-0.3, -0.25) is 9.20 Å². The van der Waals surface area contributed by atoms with E-state index in [0.717, 1.165) is 23.4 Å². The van der Waals surface area contributed by atoms with Gasteiger partial charge >= 0.3 is 0 Å². The van der Waals surface area contributed by atoms with Gasteiger partial charge in [0.05, 0.1) is 26.2 Å². The maximum Gasteiger partial charge on any atom is 0.224 e. The fourth-order valence-electron chi connectivity index (χ4n) is 2.75. The Morgan fingerprint density at radius 3 is 2.92 bits per heavy atom. The lowest BCUT2D eigenvalue weighted by Crippen LogP contribution is -2.25. The minimum absolute atomic E-state index is 0.0813. The molecule has 0 fully saturated rings. The Balaban J connectivity index is 1.40. The summed E-state index contributed by atoms with van der Waals surface area (Å²) in [5.41, 5.74) is 1.64. The minimum Gasteiger partial charge on any atom is -0.490 e. The third kappa shape index (κ3) is 3.40. The van der Waals surface area contributed by atoms with Crippen LogP contribution in [-0.2, 0) is 17.8 Å². The Morgan fingerprint density at radius 1 is 1.12 bits per heavy atom. The smallest absolute Gasteiger partial charge is 0.224 e. The second-order valence-electron chi connectivity index (χ2n) is 5.83. The lowest BCUT2D eigenvalue weighted by atomic mass is 10.1. The van der Waals surface area contributed by atoms with Gasteiger partial charge in [0.15, 0.2) is 23.0 Å². The molecule has 1 aliphatic rings. The molecule has 0 saturated carbocycles. The topological polar surface area (TPSA) is 77.8 Å². The monoisotopic (exact) mass is 338 g/mol. The van der Waals surface area contributed by atoms with Gasteiger partial charge in [0, 0.05) is 12.6 Å². The molecule has 7 nitrogen and oxygen atoms in total. The van der Waals surface area contributed by atoms with Gasteiger partial charge in [-0.1, -0.05) is 12.1 Å². The summed E-state index contributed by atoms with van der Waals surface area (Å²) in [5.74, 6) is 2.05. The number of nitrogens with one attached hydrogen (secondary N) is 1. The Bertz CT molecular complexity index is 906. The molecular formula is C18H18N4O3. The van der Waals surface area contributed by atoms with Crippen molar-refractivity contribution in [3.8, 4) is 11.5 Å². The zero-order chi connectivity index (χ0) is 17.1. The number of fused-ring (bicyclic) bond motifs is 2. The highest BCUT2D eigenvalue weighted by Gasteiger charge is 2.13. The number of rotatable bonds is 4. The van der Waals surface area contributed by atoms with E-state index >= 15 is 0 Å². The molecule has 0 unspecified atom stereocenters. The molecule has 3 aromatic rings. The van der Waals surface area contributed by atoms with Gasteiger partial charge in [0.1, 0.15) is 0 Å². The number of hydrogen-bond donors (Lipinski definition) is 1. The maximum absolute atomic E-state index is 12.2. The molecule has 1 amide bonds. The number of amides is 1. The van der Waals surface area contributed by atoms with Crippen molar-refractivity contribution in [2.45, 2.75) is 19.4 Å². The summed E-state index contributed by atoms with van der Waals surface area (Å²) in [5, 5.41) is 11.1. The van der Waals surface area contributed by atoms with E-state index in [1.54, 1.807) is 0 Å². The second kappa shape index (κ2) is 6.80. The zero-order valence-corrected chi connectivity index (χ0v) is 13.6. The number of benzene rings is 1. The van der Waals surface area contributed by atoms with Gasteiger partial charge in [0.25, 0.3) is 0 Å². The van der Waals surface area contributed by atoms with E-state index in [0.29, 0.717) is 31.3 Å². The molecule has 1 N–H and O–H groups in total. The molecule has 3 heterocycles. The van der Waals surface area contributed by atoms with Crippen LogP contribution in [0.2, 0.25) is 0 Å². The predicted molar refractivity (Wildman–Crippen MR) is 90.6 cm³/mol. The van der Waals surface area contributed by atoms with Crippen LogP contribution in [0, 0.1) is 0 Å². The molecule has 2 aromatic heterocycles. The molecule has 1 aromatic carbocycles. The van der Waals surface area contributed by atoms with E-state index in [9.17, 15) is 4.79 Å². The number of hydrogen-bond acceptors (Lipinski definition) is 5. The van der Waals surface area contributed by atoms with Crippen LogP contribution in [0.25, 0.3) is 5.65 Å². The van der Waals surface area contributed by atoms with Crippen LogP contribution in [0.15, 0.2) is 42.6 Å². The largest absolute Gasteiger partial charge is 0.490 e. The Morgan fingerprint density at radius 2 is 2.00 bits per heavy atom. The van der Waals surface area contributed by atoms with E-state index in [1.165, 1.54) is 0 Å². The van der Waals surface area contributed by atoms with E-state index in [2.05, 4.69) is 15.5 Å². The van der Waals surface area contributed by atoms with Crippen LogP contribution < -0.4 is 14.8 Å². The lowest BCUT2D eigenvalue weighted by molar-refractivity contribution is -0.120. The molecule has 7 heteroatoms. The van der Waals surface area contributed by atoms with Crippen LogP contribution in [-0.4, -0.2) is 33.7 Å². The van der Waals surface area contributed by atoms with Crippen molar-refractivity contribution in [3.63, 3.8) is 0 Å². The number of aromatic nitrogens is 3. The zero-order valence-electron chi connectivity index (χ0n) is 13.6. The number of ether oxygens (including phenoxy) is 2. The SMILES string of the molecule is O=C(Cc1ccc2c(c1)OCCCO2)NCc1nnc2ccccn12. The summed E-state index contributed by atoms with van der Waals surface area (Å²) < 4.78 is 13.1. The average molecular weight is 338 g/mol. The van der Waals surface area contributed by atoms with Gasteiger partial charge < -0.3 is 14.8 Å². The highest BCUT2D eigenvalue weighted by molar-refractivity contribution is 5.78. The Hall–Kier alpha value is -3.09. The summed E-state index contributed by atoms with van der Waals surface area (Å²) in [6, 6.07) is 11.3. The van der Waals surface area contributed by atoms with Crippen molar-refractivity contribution in [2.24, 2.45) is 0 Å². The number of carbonyl (C=O) groups is 1. The molecule has 0 radical (unpaired) electrons. The summed E-state index contributed by atoms with van der Waals surface area (Å²) in [7, 11) is 0. The lowest BCUT2D eigenvalue weighted by Gasteiger charge is -2.09. The van der Waals surface area contributed by atoms with E-state index < -0.39 is 0 Å². The predicted octanol–water partition coefficient (Wildman–Crippen LogP) is 1.75. The maximum atomic E-state index is 12.2. The third-order valence-electron chi connectivity index (χ3n) is 4.00. The van der Waals surface area contributed by atoms with Crippen LogP contribution >= 0.6 is 0 Å². The molecule has 25 heavy (non-hydrogen) atoms. The first-order chi connectivity index (χ1) is 12.3. The minimum atomic E-state index is -0.0813. The van der Waals surface area contributed by atoms with E-state index in [-0.39, 0.29) is 12.3 Å². The first kappa shape index (κ1) is 15.4. The van der Waals surface area contributed by atoms with E-state index in [4.69, 9.17) is 9.47 Å². The molecular weight excluding hydrogens is 320 g/mol. The molecule has 0 bridgehead atoms. The van der Waals surface area contributed by atoms with Crippen LogP contribution in [0.3, 0.4) is 0 Å².